The summed E-state index contributed by atoms with van der Waals surface area (Å²) in [5.41, 5.74) is 0. The zero-order valence-electron chi connectivity index (χ0n) is 12.7. The van der Waals surface area contributed by atoms with E-state index in [4.69, 9.17) is 4.74 Å². The average Bonchev–Trinajstić information content (AvgIpc) is 2.46. The van der Waals surface area contributed by atoms with Crippen molar-refractivity contribution in [3.8, 4) is 5.75 Å². The third-order valence-electron chi connectivity index (χ3n) is 3.60. The van der Waals surface area contributed by atoms with Gasteiger partial charge in [0.05, 0.1) is 0 Å². The van der Waals surface area contributed by atoms with E-state index in [9.17, 15) is 9.18 Å². The molecule has 1 aromatic rings. The van der Waals surface area contributed by atoms with Crippen LogP contribution in [0.25, 0.3) is 0 Å². The number of rotatable bonds is 7. The molecule has 0 saturated heterocycles. The fraction of sp³-hybridized carbons (Fsp3) is 0.562. The molecule has 0 radical (unpaired) electrons. The summed E-state index contributed by atoms with van der Waals surface area (Å²) in [7, 11) is 0. The van der Waals surface area contributed by atoms with Gasteiger partial charge in [0.15, 0.2) is 6.61 Å². The van der Waals surface area contributed by atoms with Crippen LogP contribution in [0.3, 0.4) is 0 Å². The van der Waals surface area contributed by atoms with Crippen LogP contribution >= 0.6 is 0 Å². The number of hydrogen-bond donors (Lipinski definition) is 0. The molecule has 2 unspecified atom stereocenters. The third kappa shape index (κ3) is 4.51. The topological polar surface area (TPSA) is 29.5 Å². The first-order chi connectivity index (χ1) is 9.49. The molecule has 0 saturated carbocycles. The highest BCUT2D eigenvalue weighted by molar-refractivity contribution is 5.78. The van der Waals surface area contributed by atoms with Crippen LogP contribution in [-0.2, 0) is 4.79 Å². The van der Waals surface area contributed by atoms with Crippen LogP contribution in [0.1, 0.15) is 40.5 Å². The Hall–Kier alpha value is -1.58. The molecule has 0 fully saturated rings. The summed E-state index contributed by atoms with van der Waals surface area (Å²) in [6.07, 6.45) is 1.82. The van der Waals surface area contributed by atoms with Gasteiger partial charge in [0.2, 0.25) is 0 Å². The minimum absolute atomic E-state index is 0.0136. The second-order valence-electron chi connectivity index (χ2n) is 5.06. The Labute approximate surface area is 120 Å². The third-order valence-corrected chi connectivity index (χ3v) is 3.60. The molecular formula is C16H24FNO2. The first-order valence-electron chi connectivity index (χ1n) is 7.19. The van der Waals surface area contributed by atoms with Crippen molar-refractivity contribution in [2.45, 2.75) is 52.6 Å². The van der Waals surface area contributed by atoms with E-state index in [0.29, 0.717) is 5.75 Å². The maximum Gasteiger partial charge on any atom is 0.260 e. The average molecular weight is 281 g/mol. The fourth-order valence-electron chi connectivity index (χ4n) is 2.07. The predicted molar refractivity (Wildman–Crippen MR) is 78.2 cm³/mol. The second-order valence-corrected chi connectivity index (χ2v) is 5.06. The van der Waals surface area contributed by atoms with Gasteiger partial charge in [-0.1, -0.05) is 13.8 Å². The number of benzene rings is 1. The number of nitrogens with zero attached hydrogens (tertiary/aromatic N) is 1. The van der Waals surface area contributed by atoms with Crippen molar-refractivity contribution < 1.29 is 13.9 Å². The predicted octanol–water partition coefficient (Wildman–Crippen LogP) is 3.63. The molecule has 0 N–H and O–H groups in total. The molecule has 0 heterocycles. The van der Waals surface area contributed by atoms with Crippen molar-refractivity contribution >= 4 is 5.91 Å². The van der Waals surface area contributed by atoms with Gasteiger partial charge in [0.1, 0.15) is 11.6 Å². The summed E-state index contributed by atoms with van der Waals surface area (Å²) in [5, 5.41) is 0. The van der Waals surface area contributed by atoms with Crippen LogP contribution in [-0.4, -0.2) is 29.5 Å². The van der Waals surface area contributed by atoms with Crippen molar-refractivity contribution in [2.24, 2.45) is 0 Å². The SMILES string of the molecule is CCC(C)N(C(=O)COc1ccc(F)cc1)C(C)CC. The number of ether oxygens (including phenoxy) is 1. The fourth-order valence-corrected chi connectivity index (χ4v) is 2.07. The van der Waals surface area contributed by atoms with Crippen LogP contribution in [0.5, 0.6) is 5.75 Å². The van der Waals surface area contributed by atoms with E-state index < -0.39 is 0 Å². The van der Waals surface area contributed by atoms with E-state index in [2.05, 4.69) is 13.8 Å². The van der Waals surface area contributed by atoms with E-state index in [1.54, 1.807) is 0 Å². The Morgan fingerprint density at radius 2 is 1.65 bits per heavy atom. The zero-order chi connectivity index (χ0) is 15.1. The molecule has 1 rings (SSSR count). The van der Waals surface area contributed by atoms with Gasteiger partial charge in [-0.25, -0.2) is 4.39 Å². The van der Waals surface area contributed by atoms with Gasteiger partial charge < -0.3 is 9.64 Å². The van der Waals surface area contributed by atoms with Crippen molar-refractivity contribution in [1.29, 1.82) is 0 Å². The maximum atomic E-state index is 12.8. The van der Waals surface area contributed by atoms with Gasteiger partial charge in [-0.2, -0.15) is 0 Å². The van der Waals surface area contributed by atoms with Gasteiger partial charge in [-0.05, 0) is 51.0 Å². The second kappa shape index (κ2) is 7.88. The quantitative estimate of drug-likeness (QED) is 0.764. The smallest absolute Gasteiger partial charge is 0.260 e. The van der Waals surface area contributed by atoms with E-state index in [-0.39, 0.29) is 30.4 Å². The van der Waals surface area contributed by atoms with Crippen LogP contribution in [0, 0.1) is 5.82 Å². The first kappa shape index (κ1) is 16.5. The van der Waals surface area contributed by atoms with Crippen molar-refractivity contribution in [3.63, 3.8) is 0 Å². The molecule has 3 nitrogen and oxygen atoms in total. The highest BCUT2D eigenvalue weighted by Gasteiger charge is 2.23. The Balaban J connectivity index is 2.64. The molecule has 20 heavy (non-hydrogen) atoms. The molecule has 0 aliphatic rings. The molecule has 0 aliphatic heterocycles. The number of carbonyl (C=O) groups is 1. The van der Waals surface area contributed by atoms with Crippen LogP contribution < -0.4 is 4.74 Å². The van der Waals surface area contributed by atoms with E-state index in [1.165, 1.54) is 24.3 Å². The molecule has 1 amide bonds. The molecule has 0 aliphatic carbocycles. The maximum absolute atomic E-state index is 12.8. The first-order valence-corrected chi connectivity index (χ1v) is 7.19. The molecule has 4 heteroatoms. The van der Waals surface area contributed by atoms with Crippen molar-refractivity contribution in [2.75, 3.05) is 6.61 Å². The highest BCUT2D eigenvalue weighted by atomic mass is 19.1. The van der Waals surface area contributed by atoms with Gasteiger partial charge in [0.25, 0.3) is 5.91 Å². The van der Waals surface area contributed by atoms with Gasteiger partial charge in [-0.15, -0.1) is 0 Å². The molecule has 0 aromatic heterocycles. The molecule has 1 aromatic carbocycles. The van der Waals surface area contributed by atoms with Gasteiger partial charge in [-0.3, -0.25) is 4.79 Å². The Bertz CT molecular complexity index is 409. The molecule has 0 bridgehead atoms. The number of halogens is 1. The lowest BCUT2D eigenvalue weighted by molar-refractivity contribution is -0.137. The lowest BCUT2D eigenvalue weighted by Crippen LogP contribution is -2.46. The number of amides is 1. The summed E-state index contributed by atoms with van der Waals surface area (Å²) in [6.45, 7) is 8.20. The van der Waals surface area contributed by atoms with Crippen LogP contribution in [0.2, 0.25) is 0 Å². The molecular weight excluding hydrogens is 257 g/mol. The summed E-state index contributed by atoms with van der Waals surface area (Å²) in [6, 6.07) is 6.07. The van der Waals surface area contributed by atoms with Crippen LogP contribution in [0.4, 0.5) is 4.39 Å². The van der Waals surface area contributed by atoms with Crippen molar-refractivity contribution in [1.82, 2.24) is 4.90 Å². The van der Waals surface area contributed by atoms with Gasteiger partial charge in [0, 0.05) is 12.1 Å². The molecule has 2 atom stereocenters. The largest absolute Gasteiger partial charge is 0.484 e. The Morgan fingerprint density at radius 1 is 1.15 bits per heavy atom. The van der Waals surface area contributed by atoms with E-state index in [1.807, 2.05) is 18.7 Å². The Kier molecular flexibility index (Phi) is 6.49. The van der Waals surface area contributed by atoms with E-state index >= 15 is 0 Å². The molecule has 112 valence electrons. The van der Waals surface area contributed by atoms with Crippen molar-refractivity contribution in [3.05, 3.63) is 30.1 Å². The highest BCUT2D eigenvalue weighted by Crippen LogP contribution is 2.14. The van der Waals surface area contributed by atoms with E-state index in [0.717, 1.165) is 12.8 Å². The molecule has 0 spiro atoms. The standard InChI is InChI=1S/C16H24FNO2/c1-5-12(3)18(13(4)6-2)16(19)11-20-15-9-7-14(17)8-10-15/h7-10,12-13H,5-6,11H2,1-4H3. The van der Waals surface area contributed by atoms with Gasteiger partial charge >= 0.3 is 0 Å². The minimum Gasteiger partial charge on any atom is -0.484 e. The summed E-state index contributed by atoms with van der Waals surface area (Å²) >= 11 is 0. The lowest BCUT2D eigenvalue weighted by Gasteiger charge is -2.33. The lowest BCUT2D eigenvalue weighted by atomic mass is 10.1. The minimum atomic E-state index is -0.315. The monoisotopic (exact) mass is 281 g/mol. The number of carbonyl (C=O) groups excluding carboxylic acids is 1. The zero-order valence-corrected chi connectivity index (χ0v) is 12.7. The normalized spacial score (nSPS) is 13.7. The summed E-state index contributed by atoms with van der Waals surface area (Å²) < 4.78 is 18.2. The van der Waals surface area contributed by atoms with Crippen LogP contribution in [0.15, 0.2) is 24.3 Å². The summed E-state index contributed by atoms with van der Waals surface area (Å²) in [4.78, 5) is 14.2. The number of hydrogen-bond acceptors (Lipinski definition) is 2. The summed E-state index contributed by atoms with van der Waals surface area (Å²) in [5.74, 6) is 0.163. The Morgan fingerprint density at radius 3 is 2.10 bits per heavy atom.